The largest absolute Gasteiger partial charge is 0.508 e. The zero-order chi connectivity index (χ0) is 15.1. The van der Waals surface area contributed by atoms with E-state index in [1.165, 1.54) is 0 Å². The molecule has 1 aliphatic heterocycles. The van der Waals surface area contributed by atoms with Gasteiger partial charge in [0.05, 0.1) is 5.39 Å². The molecule has 6 nitrogen and oxygen atoms in total. The van der Waals surface area contributed by atoms with Gasteiger partial charge in [-0.15, -0.1) is 0 Å². The van der Waals surface area contributed by atoms with Gasteiger partial charge in [-0.25, -0.2) is 9.97 Å². The predicted molar refractivity (Wildman–Crippen MR) is 85.1 cm³/mol. The third-order valence-electron chi connectivity index (χ3n) is 4.53. The van der Waals surface area contributed by atoms with Crippen molar-refractivity contribution in [2.45, 2.75) is 12.8 Å². The van der Waals surface area contributed by atoms with Gasteiger partial charge in [-0.05, 0) is 37.0 Å². The summed E-state index contributed by atoms with van der Waals surface area (Å²) in [4.78, 5) is 14.3. The van der Waals surface area contributed by atoms with Crippen molar-refractivity contribution in [2.24, 2.45) is 5.92 Å². The first-order valence-corrected chi connectivity index (χ1v) is 7.57. The maximum Gasteiger partial charge on any atom is 0.143 e. The first kappa shape index (κ1) is 13.3. The molecule has 1 aromatic carbocycles. The van der Waals surface area contributed by atoms with Crippen LogP contribution < -0.4 is 4.90 Å². The summed E-state index contributed by atoms with van der Waals surface area (Å²) >= 11 is 0. The molecule has 1 aliphatic rings. The molecule has 1 fully saturated rings. The average molecular weight is 298 g/mol. The lowest BCUT2D eigenvalue weighted by Gasteiger charge is -2.32. The second kappa shape index (κ2) is 5.14. The standard InChI is InChI=1S/C16H18N4O2/c21-8-10-3-5-20(6-4-10)16-14-12-7-11(22)1-2-13(12)19-15(14)17-9-18-16/h1-2,7,9-10,21-22H,3-6,8H2,(H,17,18,19). The number of rotatable bonds is 2. The summed E-state index contributed by atoms with van der Waals surface area (Å²) < 4.78 is 0. The number of aromatic amines is 1. The summed E-state index contributed by atoms with van der Waals surface area (Å²) in [5.74, 6) is 1.53. The van der Waals surface area contributed by atoms with E-state index in [-0.39, 0.29) is 12.4 Å². The highest BCUT2D eigenvalue weighted by molar-refractivity contribution is 6.11. The Morgan fingerprint density at radius 2 is 2.05 bits per heavy atom. The van der Waals surface area contributed by atoms with Gasteiger partial charge in [0, 0.05) is 30.6 Å². The molecule has 0 amide bonds. The molecule has 0 saturated carbocycles. The Morgan fingerprint density at radius 3 is 2.82 bits per heavy atom. The fourth-order valence-corrected chi connectivity index (χ4v) is 3.26. The maximum atomic E-state index is 9.78. The van der Waals surface area contributed by atoms with Gasteiger partial charge < -0.3 is 20.1 Å². The molecule has 2 aromatic heterocycles. The molecule has 0 aliphatic carbocycles. The van der Waals surface area contributed by atoms with Crippen LogP contribution in [0.25, 0.3) is 21.9 Å². The van der Waals surface area contributed by atoms with Gasteiger partial charge in [0.2, 0.25) is 0 Å². The Hall–Kier alpha value is -2.34. The van der Waals surface area contributed by atoms with Crippen LogP contribution in [0.3, 0.4) is 0 Å². The summed E-state index contributed by atoms with van der Waals surface area (Å²) in [7, 11) is 0. The van der Waals surface area contributed by atoms with Crippen molar-refractivity contribution in [3.63, 3.8) is 0 Å². The molecule has 0 radical (unpaired) electrons. The number of fused-ring (bicyclic) bond motifs is 3. The molecule has 0 atom stereocenters. The van der Waals surface area contributed by atoms with Crippen LogP contribution in [0.5, 0.6) is 5.75 Å². The van der Waals surface area contributed by atoms with Crippen LogP contribution in [0.4, 0.5) is 5.82 Å². The van der Waals surface area contributed by atoms with E-state index < -0.39 is 0 Å². The number of nitrogens with one attached hydrogen (secondary N) is 1. The third kappa shape index (κ3) is 2.07. The maximum absolute atomic E-state index is 9.78. The second-order valence-electron chi connectivity index (χ2n) is 5.89. The zero-order valence-electron chi connectivity index (χ0n) is 12.2. The molecule has 6 heteroatoms. The summed E-state index contributed by atoms with van der Waals surface area (Å²) in [6, 6.07) is 5.27. The van der Waals surface area contributed by atoms with Gasteiger partial charge in [0.25, 0.3) is 0 Å². The highest BCUT2D eigenvalue weighted by Crippen LogP contribution is 2.34. The molecule has 3 heterocycles. The van der Waals surface area contributed by atoms with Crippen LogP contribution in [-0.4, -0.2) is 44.9 Å². The number of benzene rings is 1. The molecule has 0 unspecified atom stereocenters. The van der Waals surface area contributed by atoms with Crippen LogP contribution >= 0.6 is 0 Å². The van der Waals surface area contributed by atoms with Crippen LogP contribution in [0.15, 0.2) is 24.5 Å². The van der Waals surface area contributed by atoms with Gasteiger partial charge in [-0.2, -0.15) is 0 Å². The third-order valence-corrected chi connectivity index (χ3v) is 4.53. The summed E-state index contributed by atoms with van der Waals surface area (Å²) in [5, 5.41) is 21.0. The SMILES string of the molecule is OCC1CCN(c2ncnc3[nH]c4ccc(O)cc4c23)CC1. The fraction of sp³-hybridized carbons (Fsp3) is 0.375. The first-order valence-electron chi connectivity index (χ1n) is 7.57. The lowest BCUT2D eigenvalue weighted by atomic mass is 9.98. The molecule has 0 bridgehead atoms. The number of phenols is 1. The van der Waals surface area contributed by atoms with Crippen molar-refractivity contribution < 1.29 is 10.2 Å². The van der Waals surface area contributed by atoms with Crippen molar-refractivity contribution in [1.29, 1.82) is 0 Å². The summed E-state index contributed by atoms with van der Waals surface area (Å²) in [6.07, 6.45) is 3.51. The molecule has 4 rings (SSSR count). The normalized spacial score (nSPS) is 16.7. The van der Waals surface area contributed by atoms with E-state index in [0.29, 0.717) is 5.92 Å². The molecule has 1 saturated heterocycles. The number of hydrogen-bond acceptors (Lipinski definition) is 5. The van der Waals surface area contributed by atoms with E-state index in [2.05, 4.69) is 19.9 Å². The van der Waals surface area contributed by atoms with Gasteiger partial charge in [-0.3, -0.25) is 0 Å². The van der Waals surface area contributed by atoms with E-state index in [0.717, 1.165) is 53.7 Å². The topological polar surface area (TPSA) is 85.3 Å². The van der Waals surface area contributed by atoms with Gasteiger partial charge in [-0.1, -0.05) is 0 Å². The molecular formula is C16H18N4O2. The monoisotopic (exact) mass is 298 g/mol. The number of aliphatic hydroxyl groups is 1. The van der Waals surface area contributed by atoms with Crippen molar-refractivity contribution in [2.75, 3.05) is 24.6 Å². The molecule has 0 spiro atoms. The minimum atomic E-state index is 0.238. The molecule has 3 aromatic rings. The quantitative estimate of drug-likeness (QED) is 0.674. The number of anilines is 1. The number of aromatic nitrogens is 3. The van der Waals surface area contributed by atoms with Gasteiger partial charge in [0.1, 0.15) is 23.5 Å². The second-order valence-corrected chi connectivity index (χ2v) is 5.89. The fourth-order valence-electron chi connectivity index (χ4n) is 3.26. The van der Waals surface area contributed by atoms with E-state index >= 15 is 0 Å². The van der Waals surface area contributed by atoms with E-state index in [1.807, 2.05) is 6.07 Å². The smallest absolute Gasteiger partial charge is 0.143 e. The van der Waals surface area contributed by atoms with Crippen LogP contribution in [0, 0.1) is 5.92 Å². The van der Waals surface area contributed by atoms with Crippen molar-refractivity contribution >= 4 is 27.8 Å². The van der Waals surface area contributed by atoms with E-state index in [9.17, 15) is 10.2 Å². The van der Waals surface area contributed by atoms with Crippen molar-refractivity contribution in [1.82, 2.24) is 15.0 Å². The highest BCUT2D eigenvalue weighted by Gasteiger charge is 2.22. The lowest BCUT2D eigenvalue weighted by Crippen LogP contribution is -2.35. The number of phenolic OH excluding ortho intramolecular Hbond substituents is 1. The highest BCUT2D eigenvalue weighted by atomic mass is 16.3. The molecular weight excluding hydrogens is 280 g/mol. The minimum absolute atomic E-state index is 0.238. The number of H-pyrrole nitrogens is 1. The lowest BCUT2D eigenvalue weighted by molar-refractivity contribution is 0.203. The van der Waals surface area contributed by atoms with Crippen molar-refractivity contribution in [3.8, 4) is 5.75 Å². The Morgan fingerprint density at radius 1 is 1.23 bits per heavy atom. The number of piperidine rings is 1. The summed E-state index contributed by atoms with van der Waals surface area (Å²) in [6.45, 7) is 2.01. The Bertz CT molecular complexity index is 821. The molecule has 3 N–H and O–H groups in total. The Balaban J connectivity index is 1.84. The Labute approximate surface area is 127 Å². The summed E-state index contributed by atoms with van der Waals surface area (Å²) in [5.41, 5.74) is 1.73. The van der Waals surface area contributed by atoms with Crippen LogP contribution in [0.1, 0.15) is 12.8 Å². The average Bonchev–Trinajstić information content (AvgIpc) is 2.93. The van der Waals surface area contributed by atoms with Crippen LogP contribution in [0.2, 0.25) is 0 Å². The van der Waals surface area contributed by atoms with Gasteiger partial charge >= 0.3 is 0 Å². The Kier molecular flexibility index (Phi) is 3.11. The van der Waals surface area contributed by atoms with E-state index in [4.69, 9.17) is 0 Å². The van der Waals surface area contributed by atoms with E-state index in [1.54, 1.807) is 18.5 Å². The predicted octanol–water partition coefficient (Wildman–Crippen LogP) is 2.03. The van der Waals surface area contributed by atoms with Crippen molar-refractivity contribution in [3.05, 3.63) is 24.5 Å². The number of aromatic hydroxyl groups is 1. The van der Waals surface area contributed by atoms with Crippen LogP contribution in [-0.2, 0) is 0 Å². The molecule has 22 heavy (non-hydrogen) atoms. The number of aliphatic hydroxyl groups excluding tert-OH is 1. The first-order chi connectivity index (χ1) is 10.8. The number of hydrogen-bond donors (Lipinski definition) is 3. The minimum Gasteiger partial charge on any atom is -0.508 e. The zero-order valence-corrected chi connectivity index (χ0v) is 12.2. The molecule has 114 valence electrons. The number of nitrogens with zero attached hydrogens (tertiary/aromatic N) is 3. The van der Waals surface area contributed by atoms with Gasteiger partial charge in [0.15, 0.2) is 0 Å².